The molecule has 3 nitrogen and oxygen atoms in total. The molecule has 1 saturated carbocycles. The molecular weight excluding hydrogens is 242 g/mol. The fraction of sp³-hybridized carbons (Fsp3) is 0.929. The van der Waals surface area contributed by atoms with Crippen molar-refractivity contribution in [3.05, 3.63) is 0 Å². The number of nitrogens with zero attached hydrogens (tertiary/aromatic N) is 2. The zero-order chi connectivity index (χ0) is 13.1. The van der Waals surface area contributed by atoms with E-state index in [9.17, 15) is 0 Å². The van der Waals surface area contributed by atoms with Gasteiger partial charge in [-0.25, -0.2) is 0 Å². The van der Waals surface area contributed by atoms with Crippen LogP contribution in [0.25, 0.3) is 0 Å². The van der Waals surface area contributed by atoms with Crippen molar-refractivity contribution in [2.24, 2.45) is 5.92 Å². The summed E-state index contributed by atoms with van der Waals surface area (Å²) in [5.74, 6) is 0.700. The number of rotatable bonds is 2. The van der Waals surface area contributed by atoms with Crippen LogP contribution in [-0.2, 0) is 0 Å². The molecule has 0 aromatic heterocycles. The van der Waals surface area contributed by atoms with E-state index in [1.165, 1.54) is 32.1 Å². The molecule has 18 heavy (non-hydrogen) atoms. The largest absolute Gasteiger partial charge is 0.360 e. The quantitative estimate of drug-likeness (QED) is 0.773. The molecule has 0 bridgehead atoms. The van der Waals surface area contributed by atoms with Crippen LogP contribution in [-0.4, -0.2) is 54.2 Å². The Kier molecular flexibility index (Phi) is 4.84. The lowest BCUT2D eigenvalue weighted by Crippen LogP contribution is -2.45. The lowest BCUT2D eigenvalue weighted by Gasteiger charge is -2.28. The standard InChI is InChI=1S/C14H27N3S/c1-11-9-17(10-13(11)16(2)3)14(18)15-12-7-5-4-6-8-12/h11-13H,4-10H2,1-3H3,(H,15,18). The first-order chi connectivity index (χ1) is 8.58. The molecule has 0 radical (unpaired) electrons. The number of likely N-dealkylation sites (N-methyl/N-ethyl adjacent to an activating group) is 1. The Hall–Kier alpha value is -0.350. The molecule has 1 heterocycles. The van der Waals surface area contributed by atoms with Gasteiger partial charge in [0.1, 0.15) is 0 Å². The third kappa shape index (κ3) is 3.35. The summed E-state index contributed by atoms with van der Waals surface area (Å²) in [6.07, 6.45) is 6.70. The summed E-state index contributed by atoms with van der Waals surface area (Å²) in [6, 6.07) is 1.26. The molecule has 0 amide bonds. The number of hydrogen-bond donors (Lipinski definition) is 1. The Bertz CT molecular complexity index is 287. The normalized spacial score (nSPS) is 29.9. The maximum atomic E-state index is 5.58. The predicted molar refractivity (Wildman–Crippen MR) is 80.8 cm³/mol. The number of hydrogen-bond acceptors (Lipinski definition) is 2. The van der Waals surface area contributed by atoms with Gasteiger partial charge in [0.15, 0.2) is 5.11 Å². The van der Waals surface area contributed by atoms with Crippen LogP contribution in [0.2, 0.25) is 0 Å². The average Bonchev–Trinajstić information content (AvgIpc) is 2.73. The molecule has 0 aromatic carbocycles. The topological polar surface area (TPSA) is 18.5 Å². The molecule has 2 unspecified atom stereocenters. The van der Waals surface area contributed by atoms with Crippen molar-refractivity contribution in [2.75, 3.05) is 27.2 Å². The summed E-state index contributed by atoms with van der Waals surface area (Å²) in [5.41, 5.74) is 0. The van der Waals surface area contributed by atoms with Crippen LogP contribution in [0.4, 0.5) is 0 Å². The molecule has 0 spiro atoms. The van der Waals surface area contributed by atoms with Crippen LogP contribution in [0.3, 0.4) is 0 Å². The number of nitrogens with one attached hydrogen (secondary N) is 1. The van der Waals surface area contributed by atoms with Crippen molar-refractivity contribution in [1.82, 2.24) is 15.1 Å². The number of thiocarbonyl (C=S) groups is 1. The maximum absolute atomic E-state index is 5.58. The Morgan fingerprint density at radius 1 is 1.17 bits per heavy atom. The Morgan fingerprint density at radius 2 is 1.83 bits per heavy atom. The third-order valence-corrected chi connectivity index (χ3v) is 4.83. The Labute approximate surface area is 117 Å². The summed E-state index contributed by atoms with van der Waals surface area (Å²) < 4.78 is 0. The van der Waals surface area contributed by atoms with Gasteiger partial charge in [-0.15, -0.1) is 0 Å². The molecule has 1 aliphatic heterocycles. The van der Waals surface area contributed by atoms with Crippen LogP contribution < -0.4 is 5.32 Å². The van der Waals surface area contributed by atoms with Gasteiger partial charge in [-0.2, -0.15) is 0 Å². The Balaban J connectivity index is 1.82. The highest BCUT2D eigenvalue weighted by atomic mass is 32.1. The third-order valence-electron chi connectivity index (χ3n) is 4.46. The SMILES string of the molecule is CC1CN(C(=S)NC2CCCCC2)CC1N(C)C. The molecule has 2 aliphatic rings. The highest BCUT2D eigenvalue weighted by Gasteiger charge is 2.32. The molecule has 1 N–H and O–H groups in total. The van der Waals surface area contributed by atoms with Crippen LogP contribution >= 0.6 is 12.2 Å². The van der Waals surface area contributed by atoms with Gasteiger partial charge in [-0.05, 0) is 45.1 Å². The van der Waals surface area contributed by atoms with Crippen molar-refractivity contribution in [1.29, 1.82) is 0 Å². The lowest BCUT2D eigenvalue weighted by molar-refractivity contribution is 0.262. The van der Waals surface area contributed by atoms with E-state index in [0.717, 1.165) is 18.2 Å². The highest BCUT2D eigenvalue weighted by molar-refractivity contribution is 7.80. The van der Waals surface area contributed by atoms with E-state index in [2.05, 4.69) is 36.1 Å². The zero-order valence-corrected chi connectivity index (χ0v) is 12.8. The molecule has 1 aliphatic carbocycles. The fourth-order valence-electron chi connectivity index (χ4n) is 3.30. The van der Waals surface area contributed by atoms with Crippen molar-refractivity contribution >= 4 is 17.3 Å². The molecule has 4 heteroatoms. The summed E-state index contributed by atoms with van der Waals surface area (Å²) >= 11 is 5.58. The van der Waals surface area contributed by atoms with Gasteiger partial charge in [0, 0.05) is 25.2 Å². The maximum Gasteiger partial charge on any atom is 0.169 e. The fourth-order valence-corrected chi connectivity index (χ4v) is 3.62. The molecule has 2 atom stereocenters. The lowest BCUT2D eigenvalue weighted by atomic mass is 9.96. The minimum atomic E-state index is 0.625. The molecular formula is C14H27N3S. The Morgan fingerprint density at radius 3 is 2.39 bits per heavy atom. The van der Waals surface area contributed by atoms with E-state index in [1.807, 2.05) is 0 Å². The van der Waals surface area contributed by atoms with Gasteiger partial charge in [-0.1, -0.05) is 26.2 Å². The van der Waals surface area contributed by atoms with E-state index in [1.54, 1.807) is 0 Å². The second kappa shape index (κ2) is 6.20. The predicted octanol–water partition coefficient (Wildman–Crippen LogP) is 2.08. The smallest absolute Gasteiger partial charge is 0.169 e. The molecule has 1 saturated heterocycles. The van der Waals surface area contributed by atoms with Crippen LogP contribution in [0.1, 0.15) is 39.0 Å². The second-order valence-corrected chi connectivity index (χ2v) is 6.58. The molecule has 0 aromatic rings. The van der Waals surface area contributed by atoms with E-state index in [4.69, 9.17) is 12.2 Å². The van der Waals surface area contributed by atoms with E-state index in [0.29, 0.717) is 18.0 Å². The van der Waals surface area contributed by atoms with E-state index in [-0.39, 0.29) is 0 Å². The van der Waals surface area contributed by atoms with E-state index < -0.39 is 0 Å². The van der Waals surface area contributed by atoms with Gasteiger partial charge in [0.25, 0.3) is 0 Å². The first-order valence-corrected chi connectivity index (χ1v) is 7.70. The monoisotopic (exact) mass is 269 g/mol. The van der Waals surface area contributed by atoms with Crippen molar-refractivity contribution in [3.8, 4) is 0 Å². The minimum Gasteiger partial charge on any atom is -0.360 e. The summed E-state index contributed by atoms with van der Waals surface area (Å²) in [6.45, 7) is 4.50. The van der Waals surface area contributed by atoms with Gasteiger partial charge in [-0.3, -0.25) is 0 Å². The first kappa shape index (κ1) is 14.1. The van der Waals surface area contributed by atoms with E-state index >= 15 is 0 Å². The van der Waals surface area contributed by atoms with Gasteiger partial charge in [0.2, 0.25) is 0 Å². The zero-order valence-electron chi connectivity index (χ0n) is 12.0. The van der Waals surface area contributed by atoms with Crippen LogP contribution in [0.5, 0.6) is 0 Å². The minimum absolute atomic E-state index is 0.625. The van der Waals surface area contributed by atoms with Crippen molar-refractivity contribution in [3.63, 3.8) is 0 Å². The average molecular weight is 269 g/mol. The van der Waals surface area contributed by atoms with Crippen molar-refractivity contribution < 1.29 is 0 Å². The summed E-state index contributed by atoms with van der Waals surface area (Å²) in [5, 5.41) is 4.56. The van der Waals surface area contributed by atoms with Gasteiger partial charge in [0.05, 0.1) is 0 Å². The van der Waals surface area contributed by atoms with Gasteiger partial charge >= 0.3 is 0 Å². The van der Waals surface area contributed by atoms with Crippen molar-refractivity contribution in [2.45, 2.75) is 51.1 Å². The number of likely N-dealkylation sites (tertiary alicyclic amines) is 1. The summed E-state index contributed by atoms with van der Waals surface area (Å²) in [4.78, 5) is 4.69. The highest BCUT2D eigenvalue weighted by Crippen LogP contribution is 2.21. The van der Waals surface area contributed by atoms with Crippen LogP contribution in [0, 0.1) is 5.92 Å². The van der Waals surface area contributed by atoms with Crippen LogP contribution in [0.15, 0.2) is 0 Å². The summed E-state index contributed by atoms with van der Waals surface area (Å²) in [7, 11) is 4.34. The first-order valence-electron chi connectivity index (χ1n) is 7.30. The second-order valence-electron chi connectivity index (χ2n) is 6.20. The molecule has 2 rings (SSSR count). The molecule has 104 valence electrons. The molecule has 2 fully saturated rings. The van der Waals surface area contributed by atoms with Gasteiger partial charge < -0.3 is 15.1 Å².